The molecule has 16 heavy (non-hydrogen) atoms. The van der Waals surface area contributed by atoms with Crippen molar-refractivity contribution in [3.05, 3.63) is 30.0 Å². The van der Waals surface area contributed by atoms with Gasteiger partial charge in [0, 0.05) is 30.7 Å². The summed E-state index contributed by atoms with van der Waals surface area (Å²) in [4.78, 5) is 0. The van der Waals surface area contributed by atoms with Crippen LogP contribution in [0.2, 0.25) is 0 Å². The Labute approximate surface area is 95.0 Å². The summed E-state index contributed by atoms with van der Waals surface area (Å²) in [5.74, 6) is 1.00. The molecule has 0 saturated heterocycles. The number of hydrogen-bond acceptors (Lipinski definition) is 2. The van der Waals surface area contributed by atoms with Crippen molar-refractivity contribution >= 4 is 10.9 Å². The molecule has 1 aromatic carbocycles. The molecule has 0 saturated carbocycles. The van der Waals surface area contributed by atoms with Crippen LogP contribution in [0.25, 0.3) is 10.9 Å². The fraction of sp³-hybridized carbons (Fsp3) is 0.385. The van der Waals surface area contributed by atoms with E-state index in [-0.39, 0.29) is 0 Å². The Morgan fingerprint density at radius 1 is 1.44 bits per heavy atom. The summed E-state index contributed by atoms with van der Waals surface area (Å²) in [6.45, 7) is 5.80. The number of rotatable bonds is 2. The maximum absolute atomic E-state index is 5.66. The molecule has 0 radical (unpaired) electrons. The summed E-state index contributed by atoms with van der Waals surface area (Å²) in [7, 11) is 0. The molecule has 0 unspecified atom stereocenters. The molecule has 3 nitrogen and oxygen atoms in total. The minimum absolute atomic E-state index is 0.720. The molecule has 0 fully saturated rings. The normalized spacial score (nSPS) is 15.1. The third-order valence-electron chi connectivity index (χ3n) is 3.11. The van der Waals surface area contributed by atoms with E-state index >= 15 is 0 Å². The molecule has 1 N–H and O–H groups in total. The maximum Gasteiger partial charge on any atom is 0.128 e. The number of hydrogen-bond donors (Lipinski definition) is 1. The Bertz CT molecular complexity index is 516. The monoisotopic (exact) mass is 216 g/mol. The largest absolute Gasteiger partial charge is 0.493 e. The second kappa shape index (κ2) is 3.83. The molecule has 3 heteroatoms. The van der Waals surface area contributed by atoms with Crippen LogP contribution < -0.4 is 10.1 Å². The summed E-state index contributed by atoms with van der Waals surface area (Å²) in [5.41, 5.74) is 2.65. The van der Waals surface area contributed by atoms with Crippen LogP contribution in [0, 0.1) is 0 Å². The van der Waals surface area contributed by atoms with E-state index in [1.807, 2.05) is 13.0 Å². The Hall–Kier alpha value is -1.48. The predicted octanol–water partition coefficient (Wildman–Crippen LogP) is 2.14. The zero-order valence-electron chi connectivity index (χ0n) is 9.49. The van der Waals surface area contributed by atoms with Gasteiger partial charge in [-0.25, -0.2) is 0 Å². The summed E-state index contributed by atoms with van der Waals surface area (Å²) in [5, 5.41) is 4.63. The molecule has 2 heterocycles. The Morgan fingerprint density at radius 3 is 3.25 bits per heavy atom. The van der Waals surface area contributed by atoms with Crippen LogP contribution in [0.4, 0.5) is 0 Å². The quantitative estimate of drug-likeness (QED) is 0.832. The second-order valence-electron chi connectivity index (χ2n) is 4.09. The highest BCUT2D eigenvalue weighted by Crippen LogP contribution is 2.29. The average molecular weight is 216 g/mol. The van der Waals surface area contributed by atoms with E-state index in [9.17, 15) is 0 Å². The van der Waals surface area contributed by atoms with Gasteiger partial charge in [-0.05, 0) is 25.1 Å². The van der Waals surface area contributed by atoms with Gasteiger partial charge in [0.1, 0.15) is 5.75 Å². The summed E-state index contributed by atoms with van der Waals surface area (Å²) in [6, 6.07) is 8.53. The van der Waals surface area contributed by atoms with Crippen LogP contribution in [0.15, 0.2) is 24.3 Å². The van der Waals surface area contributed by atoms with Gasteiger partial charge in [0.15, 0.2) is 0 Å². The Kier molecular flexibility index (Phi) is 2.33. The van der Waals surface area contributed by atoms with Crippen LogP contribution in [0.1, 0.15) is 12.6 Å². The number of aromatic nitrogens is 1. The second-order valence-corrected chi connectivity index (χ2v) is 4.09. The molecular weight excluding hydrogens is 200 g/mol. The average Bonchev–Trinajstić information content (AvgIpc) is 2.69. The van der Waals surface area contributed by atoms with Gasteiger partial charge in [-0.15, -0.1) is 0 Å². The molecule has 0 atom stereocenters. The van der Waals surface area contributed by atoms with Crippen molar-refractivity contribution in [3.63, 3.8) is 0 Å². The molecule has 0 aliphatic carbocycles. The molecular formula is C13H16N2O. The smallest absolute Gasteiger partial charge is 0.128 e. The number of nitrogens with one attached hydrogen (secondary N) is 1. The summed E-state index contributed by atoms with van der Waals surface area (Å²) < 4.78 is 8.05. The summed E-state index contributed by atoms with van der Waals surface area (Å²) in [6.07, 6.45) is 0. The fourth-order valence-electron chi connectivity index (χ4n) is 2.41. The van der Waals surface area contributed by atoms with Crippen LogP contribution in [-0.2, 0) is 13.1 Å². The van der Waals surface area contributed by atoms with E-state index in [1.165, 1.54) is 16.6 Å². The summed E-state index contributed by atoms with van der Waals surface area (Å²) >= 11 is 0. The number of nitrogens with zero attached hydrogens (tertiary/aromatic N) is 1. The van der Waals surface area contributed by atoms with Crippen molar-refractivity contribution in [1.29, 1.82) is 0 Å². The van der Waals surface area contributed by atoms with Crippen LogP contribution in [0.3, 0.4) is 0 Å². The molecule has 1 aromatic heterocycles. The number of ether oxygens (including phenoxy) is 1. The van der Waals surface area contributed by atoms with Crippen molar-refractivity contribution in [2.45, 2.75) is 20.0 Å². The van der Waals surface area contributed by atoms with Gasteiger partial charge in [-0.3, -0.25) is 0 Å². The lowest BCUT2D eigenvalue weighted by atomic mass is 10.2. The SMILES string of the molecule is CCOc1cccc2c1cc1n2CCNC1. The first-order valence-electron chi connectivity index (χ1n) is 5.85. The Balaban J connectivity index is 2.21. The van der Waals surface area contributed by atoms with Gasteiger partial charge in [0.05, 0.1) is 12.1 Å². The van der Waals surface area contributed by atoms with Crippen LogP contribution in [-0.4, -0.2) is 17.7 Å². The molecule has 84 valence electrons. The first-order chi connectivity index (χ1) is 7.90. The van der Waals surface area contributed by atoms with E-state index in [1.54, 1.807) is 0 Å². The van der Waals surface area contributed by atoms with Crippen molar-refractivity contribution in [1.82, 2.24) is 9.88 Å². The molecule has 0 amide bonds. The zero-order valence-corrected chi connectivity index (χ0v) is 9.49. The standard InChI is InChI=1S/C13H16N2O/c1-2-16-13-5-3-4-12-11(13)8-10-9-14-6-7-15(10)12/h3-5,8,14H,2,6-7,9H2,1H3. The molecule has 3 rings (SSSR count). The molecule has 2 aromatic rings. The minimum Gasteiger partial charge on any atom is -0.493 e. The molecule has 0 bridgehead atoms. The van der Waals surface area contributed by atoms with Crippen molar-refractivity contribution in [3.8, 4) is 5.75 Å². The van der Waals surface area contributed by atoms with Gasteiger partial charge in [0.25, 0.3) is 0 Å². The zero-order chi connectivity index (χ0) is 11.0. The van der Waals surface area contributed by atoms with Gasteiger partial charge in [0.2, 0.25) is 0 Å². The lowest BCUT2D eigenvalue weighted by molar-refractivity contribution is 0.344. The third-order valence-corrected chi connectivity index (χ3v) is 3.11. The number of fused-ring (bicyclic) bond motifs is 3. The number of benzene rings is 1. The topological polar surface area (TPSA) is 26.2 Å². The van der Waals surface area contributed by atoms with Crippen molar-refractivity contribution in [2.75, 3.05) is 13.2 Å². The van der Waals surface area contributed by atoms with E-state index < -0.39 is 0 Å². The highest BCUT2D eigenvalue weighted by atomic mass is 16.5. The van der Waals surface area contributed by atoms with Gasteiger partial charge >= 0.3 is 0 Å². The van der Waals surface area contributed by atoms with E-state index in [0.29, 0.717) is 0 Å². The lowest BCUT2D eigenvalue weighted by Crippen LogP contribution is -2.27. The van der Waals surface area contributed by atoms with Gasteiger partial charge in [-0.1, -0.05) is 6.07 Å². The van der Waals surface area contributed by atoms with Gasteiger partial charge < -0.3 is 14.6 Å². The van der Waals surface area contributed by atoms with E-state index in [0.717, 1.165) is 32.0 Å². The van der Waals surface area contributed by atoms with Crippen molar-refractivity contribution < 1.29 is 4.74 Å². The van der Waals surface area contributed by atoms with Gasteiger partial charge in [-0.2, -0.15) is 0 Å². The fourth-order valence-corrected chi connectivity index (χ4v) is 2.41. The predicted molar refractivity (Wildman–Crippen MR) is 64.8 cm³/mol. The molecule has 1 aliphatic heterocycles. The first-order valence-corrected chi connectivity index (χ1v) is 5.85. The van der Waals surface area contributed by atoms with Crippen LogP contribution in [0.5, 0.6) is 5.75 Å². The maximum atomic E-state index is 5.66. The molecule has 1 aliphatic rings. The molecule has 0 spiro atoms. The van der Waals surface area contributed by atoms with E-state index in [2.05, 4.69) is 28.1 Å². The van der Waals surface area contributed by atoms with Crippen molar-refractivity contribution in [2.24, 2.45) is 0 Å². The Morgan fingerprint density at radius 2 is 2.38 bits per heavy atom. The first kappa shape index (κ1) is 9.73. The highest BCUT2D eigenvalue weighted by molar-refractivity contribution is 5.87. The minimum atomic E-state index is 0.720. The van der Waals surface area contributed by atoms with Crippen LogP contribution >= 0.6 is 0 Å². The van der Waals surface area contributed by atoms with E-state index in [4.69, 9.17) is 4.74 Å². The lowest BCUT2D eigenvalue weighted by Gasteiger charge is -2.17. The highest BCUT2D eigenvalue weighted by Gasteiger charge is 2.14. The third kappa shape index (κ3) is 1.39.